The van der Waals surface area contributed by atoms with Crippen LogP contribution in [0.25, 0.3) is 0 Å². The fourth-order valence-corrected chi connectivity index (χ4v) is 3.20. The Labute approximate surface area is 186 Å². The van der Waals surface area contributed by atoms with Gasteiger partial charge in [-0.25, -0.2) is 4.39 Å². The zero-order chi connectivity index (χ0) is 23.1. The zero-order valence-electron chi connectivity index (χ0n) is 18.2. The number of methoxy groups -OCH3 is 1. The average molecular weight is 435 g/mol. The molecular weight excluding hydrogens is 409 g/mol. The van der Waals surface area contributed by atoms with Gasteiger partial charge in [0.25, 0.3) is 5.91 Å². The topological polar surface area (TPSA) is 79.5 Å². The zero-order valence-corrected chi connectivity index (χ0v) is 18.2. The second-order valence-corrected chi connectivity index (χ2v) is 7.38. The number of ether oxygens (including phenoxy) is 1. The molecule has 166 valence electrons. The number of amides is 2. The quantitative estimate of drug-likeness (QED) is 0.476. The molecule has 0 saturated heterocycles. The third kappa shape index (κ3) is 5.92. The highest BCUT2D eigenvalue weighted by molar-refractivity contribution is 6.05. The maximum Gasteiger partial charge on any atom is 0.255 e. The summed E-state index contributed by atoms with van der Waals surface area (Å²) >= 11 is 0. The number of carbonyl (C=O) groups is 2. The molecule has 0 spiro atoms. The molecule has 0 aliphatic carbocycles. The largest absolute Gasteiger partial charge is 0.495 e. The molecule has 3 aromatic carbocycles. The number of hydrogen-bond acceptors (Lipinski definition) is 4. The van der Waals surface area contributed by atoms with Crippen molar-refractivity contribution in [3.63, 3.8) is 0 Å². The molecule has 0 fully saturated rings. The van der Waals surface area contributed by atoms with Crippen LogP contribution in [0.4, 0.5) is 15.8 Å². The van der Waals surface area contributed by atoms with E-state index in [2.05, 4.69) is 16.0 Å². The molecule has 0 saturated carbocycles. The number of rotatable bonds is 8. The lowest BCUT2D eigenvalue weighted by atomic mass is 10.1. The molecule has 0 aliphatic heterocycles. The number of benzene rings is 3. The summed E-state index contributed by atoms with van der Waals surface area (Å²) in [5, 5.41) is 8.83. The van der Waals surface area contributed by atoms with Crippen molar-refractivity contribution in [2.75, 3.05) is 17.7 Å². The molecule has 0 unspecified atom stereocenters. The minimum Gasteiger partial charge on any atom is -0.495 e. The Balaban J connectivity index is 1.56. The van der Waals surface area contributed by atoms with Crippen LogP contribution < -0.4 is 20.7 Å². The first-order chi connectivity index (χ1) is 15.4. The van der Waals surface area contributed by atoms with Gasteiger partial charge in [0.2, 0.25) is 5.91 Å². The van der Waals surface area contributed by atoms with Gasteiger partial charge in [-0.05, 0) is 67.9 Å². The summed E-state index contributed by atoms with van der Waals surface area (Å²) in [6.45, 7) is 3.66. The minimum absolute atomic E-state index is 0.127. The summed E-state index contributed by atoms with van der Waals surface area (Å²) in [5.74, 6) is -0.228. The van der Waals surface area contributed by atoms with Crippen molar-refractivity contribution in [3.8, 4) is 5.75 Å². The standard InChI is InChI=1S/C25H26FN3O3/c1-16(18-8-12-20(26)13-9-18)27-17(2)24(30)28-21-14-10-19(11-15-21)25(31)29-22-6-4-5-7-23(22)32-3/h4-17,27H,1-3H3,(H,28,30)(H,29,31)/t16-,17+/m0/s1. The molecule has 2 amide bonds. The Kier molecular flexibility index (Phi) is 7.57. The van der Waals surface area contributed by atoms with Crippen LogP contribution in [-0.4, -0.2) is 25.0 Å². The molecule has 6 nitrogen and oxygen atoms in total. The van der Waals surface area contributed by atoms with Crippen molar-refractivity contribution in [2.45, 2.75) is 25.9 Å². The van der Waals surface area contributed by atoms with E-state index in [9.17, 15) is 14.0 Å². The van der Waals surface area contributed by atoms with E-state index in [1.165, 1.54) is 12.1 Å². The number of carbonyl (C=O) groups excluding carboxylic acids is 2. The van der Waals surface area contributed by atoms with Crippen LogP contribution in [0, 0.1) is 5.82 Å². The third-order valence-corrected chi connectivity index (χ3v) is 5.03. The van der Waals surface area contributed by atoms with Gasteiger partial charge in [0.1, 0.15) is 11.6 Å². The van der Waals surface area contributed by atoms with Gasteiger partial charge in [0.05, 0.1) is 18.8 Å². The van der Waals surface area contributed by atoms with Gasteiger partial charge in [-0.3, -0.25) is 14.9 Å². The van der Waals surface area contributed by atoms with E-state index in [4.69, 9.17) is 4.74 Å². The van der Waals surface area contributed by atoms with Gasteiger partial charge >= 0.3 is 0 Å². The van der Waals surface area contributed by atoms with Gasteiger partial charge in [-0.2, -0.15) is 0 Å². The normalized spacial score (nSPS) is 12.5. The molecule has 2 atom stereocenters. The van der Waals surface area contributed by atoms with E-state index in [0.29, 0.717) is 22.7 Å². The molecule has 3 N–H and O–H groups in total. The molecule has 7 heteroatoms. The molecule has 0 heterocycles. The SMILES string of the molecule is COc1ccccc1NC(=O)c1ccc(NC(=O)[C@@H](C)N[C@@H](C)c2ccc(F)cc2)cc1. The molecule has 32 heavy (non-hydrogen) atoms. The lowest BCUT2D eigenvalue weighted by molar-refractivity contribution is -0.117. The minimum atomic E-state index is -0.483. The highest BCUT2D eigenvalue weighted by Crippen LogP contribution is 2.24. The van der Waals surface area contributed by atoms with E-state index in [-0.39, 0.29) is 23.7 Å². The Morgan fingerprint density at radius 1 is 0.875 bits per heavy atom. The van der Waals surface area contributed by atoms with Crippen molar-refractivity contribution in [3.05, 3.63) is 89.7 Å². The van der Waals surface area contributed by atoms with E-state index in [1.54, 1.807) is 62.6 Å². The summed E-state index contributed by atoms with van der Waals surface area (Å²) in [6.07, 6.45) is 0. The summed E-state index contributed by atoms with van der Waals surface area (Å²) in [5.41, 5.74) is 2.49. The van der Waals surface area contributed by atoms with Crippen LogP contribution in [0.1, 0.15) is 35.8 Å². The van der Waals surface area contributed by atoms with Crippen LogP contribution in [0.5, 0.6) is 5.75 Å². The Hall–Kier alpha value is -3.71. The van der Waals surface area contributed by atoms with Gasteiger partial charge < -0.3 is 15.4 Å². The number of para-hydroxylation sites is 2. The van der Waals surface area contributed by atoms with E-state index in [1.807, 2.05) is 19.1 Å². The number of hydrogen-bond donors (Lipinski definition) is 3. The van der Waals surface area contributed by atoms with Gasteiger partial charge in [0, 0.05) is 17.3 Å². The highest BCUT2D eigenvalue weighted by Gasteiger charge is 2.17. The van der Waals surface area contributed by atoms with E-state index < -0.39 is 6.04 Å². The maximum atomic E-state index is 13.1. The monoisotopic (exact) mass is 435 g/mol. The second kappa shape index (κ2) is 10.5. The summed E-state index contributed by atoms with van der Waals surface area (Å²) in [6, 6.07) is 19.3. The molecule has 0 aromatic heterocycles. The fraction of sp³-hybridized carbons (Fsp3) is 0.200. The lowest BCUT2D eigenvalue weighted by Crippen LogP contribution is -2.39. The Bertz CT molecular complexity index is 1070. The molecule has 3 aromatic rings. The van der Waals surface area contributed by atoms with Crippen LogP contribution in [0.2, 0.25) is 0 Å². The smallest absolute Gasteiger partial charge is 0.255 e. The van der Waals surface area contributed by atoms with Crippen molar-refractivity contribution < 1.29 is 18.7 Å². The average Bonchev–Trinajstić information content (AvgIpc) is 2.80. The lowest BCUT2D eigenvalue weighted by Gasteiger charge is -2.20. The van der Waals surface area contributed by atoms with Crippen molar-refractivity contribution in [1.82, 2.24) is 5.32 Å². The van der Waals surface area contributed by atoms with Gasteiger partial charge in [-0.1, -0.05) is 24.3 Å². The van der Waals surface area contributed by atoms with E-state index >= 15 is 0 Å². The van der Waals surface area contributed by atoms with Crippen LogP contribution in [0.3, 0.4) is 0 Å². The first-order valence-corrected chi connectivity index (χ1v) is 10.2. The molecule has 3 rings (SSSR count). The van der Waals surface area contributed by atoms with Crippen LogP contribution in [-0.2, 0) is 4.79 Å². The van der Waals surface area contributed by atoms with Crippen LogP contribution >= 0.6 is 0 Å². The molecule has 0 radical (unpaired) electrons. The maximum absolute atomic E-state index is 13.1. The predicted octanol–water partition coefficient (Wildman–Crippen LogP) is 4.76. The first-order valence-electron chi connectivity index (χ1n) is 10.2. The fourth-order valence-electron chi connectivity index (χ4n) is 3.20. The predicted molar refractivity (Wildman–Crippen MR) is 123 cm³/mol. The summed E-state index contributed by atoms with van der Waals surface area (Å²) < 4.78 is 18.3. The molecule has 0 aliphatic rings. The van der Waals surface area contributed by atoms with Crippen LogP contribution in [0.15, 0.2) is 72.8 Å². The number of halogens is 1. The van der Waals surface area contributed by atoms with Crippen molar-refractivity contribution >= 4 is 23.2 Å². The third-order valence-electron chi connectivity index (χ3n) is 5.03. The molecular formula is C25H26FN3O3. The Morgan fingerprint density at radius 2 is 1.53 bits per heavy atom. The highest BCUT2D eigenvalue weighted by atomic mass is 19.1. The number of nitrogens with one attached hydrogen (secondary N) is 3. The Morgan fingerprint density at radius 3 is 2.19 bits per heavy atom. The van der Waals surface area contributed by atoms with E-state index in [0.717, 1.165) is 5.56 Å². The summed E-state index contributed by atoms with van der Waals surface area (Å²) in [4.78, 5) is 25.1. The van der Waals surface area contributed by atoms with Crippen molar-refractivity contribution in [2.24, 2.45) is 0 Å². The van der Waals surface area contributed by atoms with Crippen molar-refractivity contribution in [1.29, 1.82) is 0 Å². The van der Waals surface area contributed by atoms with Gasteiger partial charge in [-0.15, -0.1) is 0 Å². The first kappa shape index (κ1) is 23.0. The summed E-state index contributed by atoms with van der Waals surface area (Å²) in [7, 11) is 1.54. The molecule has 0 bridgehead atoms. The van der Waals surface area contributed by atoms with Gasteiger partial charge in [0.15, 0.2) is 0 Å². The second-order valence-electron chi connectivity index (χ2n) is 7.38. The number of anilines is 2.